The lowest BCUT2D eigenvalue weighted by Crippen LogP contribution is -2.23. The molecule has 2 amide bonds. The molecule has 58 heavy (non-hydrogen) atoms. The first kappa shape index (κ1) is 39.1. The number of carbonyl (C=O) groups is 4. The average Bonchev–Trinajstić information content (AvgIpc) is 3.43. The topological polar surface area (TPSA) is 140 Å². The Labute approximate surface area is 336 Å². The Kier molecular flexibility index (Phi) is 10.6. The maximum atomic E-state index is 13.5. The van der Waals surface area contributed by atoms with Gasteiger partial charge in [-0.3, -0.25) is 14.4 Å². The zero-order chi connectivity index (χ0) is 41.2. The van der Waals surface area contributed by atoms with Gasteiger partial charge in [0.25, 0.3) is 18.3 Å². The van der Waals surface area contributed by atoms with Gasteiger partial charge < -0.3 is 30.0 Å². The average molecular weight is 775 g/mol. The van der Waals surface area contributed by atoms with Gasteiger partial charge in [-0.25, -0.2) is 4.79 Å². The van der Waals surface area contributed by atoms with E-state index in [-0.39, 0.29) is 39.7 Å². The lowest BCUT2D eigenvalue weighted by atomic mass is 9.75. The van der Waals surface area contributed by atoms with Crippen molar-refractivity contribution in [1.82, 2.24) is 5.32 Å². The third-order valence-corrected chi connectivity index (χ3v) is 10.7. The number of carbonyl (C=O) groups excluding carboxylic acids is 3. The quantitative estimate of drug-likeness (QED) is 0.104. The van der Waals surface area contributed by atoms with Gasteiger partial charge in [0.2, 0.25) is 0 Å². The molecule has 1 unspecified atom stereocenters. The first-order chi connectivity index (χ1) is 27.8. The van der Waals surface area contributed by atoms with Crippen LogP contribution in [0.2, 0.25) is 0 Å². The van der Waals surface area contributed by atoms with E-state index in [4.69, 9.17) is 14.2 Å². The van der Waals surface area contributed by atoms with Gasteiger partial charge in [-0.2, -0.15) is 0 Å². The normalized spacial score (nSPS) is 15.1. The highest BCUT2D eigenvalue weighted by molar-refractivity contribution is 6.11. The zero-order valence-electron chi connectivity index (χ0n) is 32.7. The first-order valence-electron chi connectivity index (χ1n) is 18.7. The summed E-state index contributed by atoms with van der Waals surface area (Å²) in [6, 6.07) is 38.2. The van der Waals surface area contributed by atoms with Gasteiger partial charge in [-0.1, -0.05) is 68.8 Å². The highest BCUT2D eigenvalue weighted by atomic mass is 16.5. The van der Waals surface area contributed by atoms with E-state index in [2.05, 4.69) is 62.6 Å². The standard InChI is InChI=1S/C48H42N2O8/c1-29-6-14-34(15-7-29)58-37-20-23-41-42(26-37)48(4,27-47(41,2)3)32-10-16-35(17-11-32)57-36-18-12-33(13-19-36)50-45(53)40-24-30(8-21-38(40)46(54)55)31-9-22-39(44(52)49-5)43(25-31)56-28-51/h6-26,28H,27H2,1-5H3,(H,49,52)(H,50,53)(H,54,55). The molecule has 0 bridgehead atoms. The minimum absolute atomic E-state index is 0.00940. The second-order valence-electron chi connectivity index (χ2n) is 15.2. The van der Waals surface area contributed by atoms with Gasteiger partial charge in [-0.15, -0.1) is 0 Å². The van der Waals surface area contributed by atoms with Crippen LogP contribution in [0, 0.1) is 6.92 Å². The molecule has 3 N–H and O–H groups in total. The summed E-state index contributed by atoms with van der Waals surface area (Å²) in [7, 11) is 1.45. The zero-order valence-corrected chi connectivity index (χ0v) is 32.7. The van der Waals surface area contributed by atoms with E-state index < -0.39 is 17.8 Å². The fourth-order valence-corrected chi connectivity index (χ4v) is 7.81. The number of hydrogen-bond acceptors (Lipinski definition) is 7. The number of ether oxygens (including phenoxy) is 3. The van der Waals surface area contributed by atoms with E-state index in [0.29, 0.717) is 28.3 Å². The minimum Gasteiger partial charge on any atom is -0.478 e. The molecule has 10 nitrogen and oxygen atoms in total. The molecule has 0 fully saturated rings. The number of aromatic carboxylic acids is 1. The molecular weight excluding hydrogens is 733 g/mol. The largest absolute Gasteiger partial charge is 0.478 e. The summed E-state index contributed by atoms with van der Waals surface area (Å²) in [5.41, 5.74) is 5.83. The molecule has 0 radical (unpaired) electrons. The van der Waals surface area contributed by atoms with Gasteiger partial charge in [0.15, 0.2) is 0 Å². The van der Waals surface area contributed by atoms with Crippen LogP contribution >= 0.6 is 0 Å². The maximum absolute atomic E-state index is 13.5. The summed E-state index contributed by atoms with van der Waals surface area (Å²) < 4.78 is 17.5. The summed E-state index contributed by atoms with van der Waals surface area (Å²) in [5.74, 6) is 0.417. The van der Waals surface area contributed by atoms with Crippen LogP contribution in [-0.2, 0) is 15.6 Å². The number of aryl methyl sites for hydroxylation is 1. The fraction of sp³-hybridized carbons (Fsp3) is 0.167. The van der Waals surface area contributed by atoms with E-state index in [0.717, 1.165) is 23.5 Å². The highest BCUT2D eigenvalue weighted by Gasteiger charge is 2.46. The fourth-order valence-electron chi connectivity index (χ4n) is 7.81. The Bertz CT molecular complexity index is 2540. The van der Waals surface area contributed by atoms with E-state index in [1.165, 1.54) is 54.1 Å². The van der Waals surface area contributed by atoms with Crippen LogP contribution in [0.4, 0.5) is 5.69 Å². The number of carboxylic acid groups (broad SMARTS) is 1. The van der Waals surface area contributed by atoms with Crippen molar-refractivity contribution in [3.63, 3.8) is 0 Å². The molecule has 6 aromatic carbocycles. The van der Waals surface area contributed by atoms with Crippen molar-refractivity contribution < 1.29 is 38.5 Å². The summed E-state index contributed by atoms with van der Waals surface area (Å²) in [5, 5.41) is 15.1. The molecule has 10 heteroatoms. The van der Waals surface area contributed by atoms with E-state index in [1.807, 2.05) is 42.5 Å². The molecule has 0 spiro atoms. The molecular formula is C48H42N2O8. The van der Waals surface area contributed by atoms with Gasteiger partial charge >= 0.3 is 5.97 Å². The van der Waals surface area contributed by atoms with Crippen molar-refractivity contribution in [2.45, 2.75) is 44.9 Å². The number of carboxylic acids is 1. The number of nitrogens with one attached hydrogen (secondary N) is 2. The number of hydrogen-bond donors (Lipinski definition) is 3. The second kappa shape index (κ2) is 15.7. The SMILES string of the molecule is CNC(=O)c1ccc(-c2ccc(C(=O)O)c(C(=O)Nc3ccc(Oc4ccc(C5(C)CC(C)(C)c6ccc(Oc7ccc(C)cc7)cc65)cc4)cc3)c2)cc1OC=O. The number of amides is 2. The molecule has 1 aliphatic carbocycles. The number of benzene rings is 6. The van der Waals surface area contributed by atoms with Gasteiger partial charge in [0.05, 0.1) is 16.7 Å². The van der Waals surface area contributed by atoms with Crippen LogP contribution in [0.15, 0.2) is 127 Å². The summed E-state index contributed by atoms with van der Waals surface area (Å²) in [4.78, 5) is 49.0. The predicted octanol–water partition coefficient (Wildman–Crippen LogP) is 10.1. The van der Waals surface area contributed by atoms with Gasteiger partial charge in [0, 0.05) is 18.2 Å². The monoisotopic (exact) mass is 774 g/mol. The smallest absolute Gasteiger partial charge is 0.336 e. The van der Waals surface area contributed by atoms with E-state index in [1.54, 1.807) is 30.3 Å². The molecule has 0 heterocycles. The highest BCUT2D eigenvalue weighted by Crippen LogP contribution is 2.54. The summed E-state index contributed by atoms with van der Waals surface area (Å²) in [6.45, 7) is 9.10. The van der Waals surface area contributed by atoms with Crippen molar-refractivity contribution in [2.24, 2.45) is 0 Å². The van der Waals surface area contributed by atoms with Crippen LogP contribution in [0.1, 0.15) is 80.5 Å². The number of fused-ring (bicyclic) bond motifs is 1. The number of anilines is 1. The number of rotatable bonds is 12. The Morgan fingerprint density at radius 1 is 0.638 bits per heavy atom. The Morgan fingerprint density at radius 2 is 1.21 bits per heavy atom. The molecule has 0 aromatic heterocycles. The predicted molar refractivity (Wildman–Crippen MR) is 222 cm³/mol. The molecule has 0 aliphatic heterocycles. The third kappa shape index (κ3) is 7.90. The van der Waals surface area contributed by atoms with Gasteiger partial charge in [-0.05, 0) is 132 Å². The third-order valence-electron chi connectivity index (χ3n) is 10.7. The van der Waals surface area contributed by atoms with Crippen molar-refractivity contribution in [2.75, 3.05) is 12.4 Å². The molecule has 1 aliphatic rings. The van der Waals surface area contributed by atoms with Crippen LogP contribution in [-0.4, -0.2) is 36.4 Å². The van der Waals surface area contributed by atoms with Crippen molar-refractivity contribution in [3.8, 4) is 39.9 Å². The molecule has 7 rings (SSSR count). The molecule has 292 valence electrons. The van der Waals surface area contributed by atoms with Crippen molar-refractivity contribution in [1.29, 1.82) is 0 Å². The molecule has 1 atom stereocenters. The van der Waals surface area contributed by atoms with Crippen molar-refractivity contribution in [3.05, 3.63) is 166 Å². The Hall–Kier alpha value is -7.20. The van der Waals surface area contributed by atoms with Crippen LogP contribution in [0.3, 0.4) is 0 Å². The molecule has 6 aromatic rings. The lowest BCUT2D eigenvalue weighted by molar-refractivity contribution is -0.120. The Balaban J connectivity index is 1.06. The first-order valence-corrected chi connectivity index (χ1v) is 18.7. The van der Waals surface area contributed by atoms with Crippen LogP contribution in [0.5, 0.6) is 28.7 Å². The van der Waals surface area contributed by atoms with Crippen LogP contribution < -0.4 is 24.8 Å². The summed E-state index contributed by atoms with van der Waals surface area (Å²) >= 11 is 0. The minimum atomic E-state index is -1.28. The van der Waals surface area contributed by atoms with Crippen LogP contribution in [0.25, 0.3) is 11.1 Å². The second-order valence-corrected chi connectivity index (χ2v) is 15.2. The Morgan fingerprint density at radius 3 is 1.83 bits per heavy atom. The van der Waals surface area contributed by atoms with Gasteiger partial charge in [0.1, 0.15) is 28.7 Å². The van der Waals surface area contributed by atoms with E-state index in [9.17, 15) is 24.3 Å². The molecule has 0 saturated heterocycles. The summed E-state index contributed by atoms with van der Waals surface area (Å²) in [6.07, 6.45) is 0.929. The van der Waals surface area contributed by atoms with Crippen molar-refractivity contribution >= 4 is 29.9 Å². The lowest BCUT2D eigenvalue weighted by Gasteiger charge is -2.28. The van der Waals surface area contributed by atoms with E-state index >= 15 is 0 Å². The maximum Gasteiger partial charge on any atom is 0.336 e. The molecule has 0 saturated carbocycles.